The van der Waals surface area contributed by atoms with Gasteiger partial charge in [-0.15, -0.1) is 0 Å². The van der Waals surface area contributed by atoms with Crippen LogP contribution in [-0.2, 0) is 6.54 Å². The fraction of sp³-hybridized carbons (Fsp3) is 0.333. The number of hydrogen-bond acceptors (Lipinski definition) is 0. The number of rotatable bonds is 2. The van der Waals surface area contributed by atoms with E-state index in [1.165, 1.54) is 17.7 Å². The maximum atomic E-state index is 13.0. The second-order valence-electron chi connectivity index (χ2n) is 4.95. The van der Waals surface area contributed by atoms with E-state index in [2.05, 4.69) is 26.1 Å². The number of H-pyrrole nitrogens is 1. The van der Waals surface area contributed by atoms with Gasteiger partial charge < -0.3 is 9.47 Å². The number of nitrogens with zero attached hydrogens (tertiary/aromatic N) is 1. The zero-order chi connectivity index (χ0) is 11.1. The van der Waals surface area contributed by atoms with Crippen molar-refractivity contribution in [2.75, 3.05) is 21.1 Å². The second-order valence-corrected chi connectivity index (χ2v) is 4.95. The summed E-state index contributed by atoms with van der Waals surface area (Å²) in [7, 11) is 6.42. The number of fused-ring (bicyclic) bond motifs is 1. The first-order valence-corrected chi connectivity index (χ1v) is 5.02. The minimum Gasteiger partial charge on any atom is -0.361 e. The molecule has 0 atom stereocenters. The molecule has 15 heavy (non-hydrogen) atoms. The maximum absolute atomic E-state index is 13.0. The first-order valence-electron chi connectivity index (χ1n) is 5.02. The largest absolute Gasteiger partial charge is 0.361 e. The molecule has 1 aromatic heterocycles. The molecular formula is C12H16FN2+. The van der Waals surface area contributed by atoms with E-state index in [0.29, 0.717) is 0 Å². The van der Waals surface area contributed by atoms with E-state index >= 15 is 0 Å². The molecule has 0 radical (unpaired) electrons. The van der Waals surface area contributed by atoms with Gasteiger partial charge in [0.1, 0.15) is 12.4 Å². The average Bonchev–Trinajstić information content (AvgIpc) is 2.45. The van der Waals surface area contributed by atoms with Crippen LogP contribution in [0.25, 0.3) is 10.9 Å². The third-order valence-electron chi connectivity index (χ3n) is 2.37. The van der Waals surface area contributed by atoms with Crippen molar-refractivity contribution in [3.8, 4) is 0 Å². The lowest BCUT2D eigenvalue weighted by Crippen LogP contribution is -2.33. The number of halogens is 1. The van der Waals surface area contributed by atoms with Gasteiger partial charge in [-0.2, -0.15) is 0 Å². The number of nitrogens with one attached hydrogen (secondary N) is 1. The molecule has 0 saturated carbocycles. The van der Waals surface area contributed by atoms with Crippen LogP contribution in [0.5, 0.6) is 0 Å². The quantitative estimate of drug-likeness (QED) is 0.728. The number of hydrogen-bond donors (Lipinski definition) is 1. The Morgan fingerprint density at radius 2 is 2.00 bits per heavy atom. The Hall–Kier alpha value is -1.35. The lowest BCUT2D eigenvalue weighted by molar-refractivity contribution is -0.883. The molecule has 80 valence electrons. The molecular weight excluding hydrogens is 191 g/mol. The predicted octanol–water partition coefficient (Wildman–Crippen LogP) is 2.51. The normalized spacial score (nSPS) is 12.3. The Labute approximate surface area is 88.9 Å². The van der Waals surface area contributed by atoms with Crippen molar-refractivity contribution < 1.29 is 8.87 Å². The molecule has 0 amide bonds. The zero-order valence-electron chi connectivity index (χ0n) is 9.34. The first-order chi connectivity index (χ1) is 6.96. The molecule has 0 aliphatic rings. The van der Waals surface area contributed by atoms with Crippen molar-refractivity contribution in [1.82, 2.24) is 4.98 Å². The molecule has 1 N–H and O–H groups in total. The van der Waals surface area contributed by atoms with Crippen molar-refractivity contribution in [2.45, 2.75) is 6.54 Å². The monoisotopic (exact) mass is 207 g/mol. The molecule has 0 spiro atoms. The van der Waals surface area contributed by atoms with Crippen molar-refractivity contribution in [3.05, 3.63) is 35.8 Å². The Kier molecular flexibility index (Phi) is 2.27. The SMILES string of the molecule is C[N+](C)(C)Cc1c[nH]c2cc(F)ccc12. The van der Waals surface area contributed by atoms with Gasteiger partial charge in [0.15, 0.2) is 0 Å². The molecule has 0 aliphatic heterocycles. The number of quaternary nitrogens is 1. The van der Waals surface area contributed by atoms with Gasteiger partial charge in [0, 0.05) is 22.7 Å². The minimum atomic E-state index is -0.193. The fourth-order valence-corrected chi connectivity index (χ4v) is 1.80. The molecule has 2 aromatic rings. The Balaban J connectivity index is 2.45. The minimum absolute atomic E-state index is 0.193. The van der Waals surface area contributed by atoms with Crippen molar-refractivity contribution >= 4 is 10.9 Å². The third-order valence-corrected chi connectivity index (χ3v) is 2.37. The topological polar surface area (TPSA) is 15.8 Å². The summed E-state index contributed by atoms with van der Waals surface area (Å²) in [4.78, 5) is 3.10. The van der Waals surface area contributed by atoms with E-state index in [-0.39, 0.29) is 5.82 Å². The highest BCUT2D eigenvalue weighted by atomic mass is 19.1. The molecule has 0 bridgehead atoms. The standard InChI is InChI=1S/C12H16FN2/c1-15(2,3)8-9-7-14-12-6-10(13)4-5-11(9)12/h4-7,14H,8H2,1-3H3/q+1. The highest BCUT2D eigenvalue weighted by Gasteiger charge is 2.12. The van der Waals surface area contributed by atoms with E-state index in [1.807, 2.05) is 12.3 Å². The van der Waals surface area contributed by atoms with Crippen LogP contribution in [-0.4, -0.2) is 30.6 Å². The summed E-state index contributed by atoms with van der Waals surface area (Å²) in [6.07, 6.45) is 1.97. The predicted molar refractivity (Wildman–Crippen MR) is 60.0 cm³/mol. The van der Waals surface area contributed by atoms with E-state index in [0.717, 1.165) is 21.9 Å². The number of aromatic amines is 1. The summed E-state index contributed by atoms with van der Waals surface area (Å²) < 4.78 is 13.8. The Morgan fingerprint density at radius 3 is 2.67 bits per heavy atom. The van der Waals surface area contributed by atoms with Crippen LogP contribution < -0.4 is 0 Å². The summed E-state index contributed by atoms with van der Waals surface area (Å²) in [5.74, 6) is -0.193. The smallest absolute Gasteiger partial charge is 0.125 e. The number of aromatic nitrogens is 1. The molecule has 2 nitrogen and oxygen atoms in total. The van der Waals surface area contributed by atoms with Gasteiger partial charge in [-0.25, -0.2) is 4.39 Å². The van der Waals surface area contributed by atoms with Crippen LogP contribution in [0.3, 0.4) is 0 Å². The van der Waals surface area contributed by atoms with E-state index < -0.39 is 0 Å². The van der Waals surface area contributed by atoms with Crippen LogP contribution in [0.4, 0.5) is 4.39 Å². The van der Waals surface area contributed by atoms with E-state index in [1.54, 1.807) is 0 Å². The first kappa shape index (κ1) is 10.2. The molecule has 3 heteroatoms. The average molecular weight is 207 g/mol. The van der Waals surface area contributed by atoms with Crippen molar-refractivity contribution in [1.29, 1.82) is 0 Å². The van der Waals surface area contributed by atoms with Crippen LogP contribution >= 0.6 is 0 Å². The van der Waals surface area contributed by atoms with Gasteiger partial charge >= 0.3 is 0 Å². The molecule has 1 aromatic carbocycles. The molecule has 2 rings (SSSR count). The lowest BCUT2D eigenvalue weighted by atomic mass is 10.1. The van der Waals surface area contributed by atoms with Crippen LogP contribution in [0.1, 0.15) is 5.56 Å². The maximum Gasteiger partial charge on any atom is 0.125 e. The van der Waals surface area contributed by atoms with Gasteiger partial charge in [-0.1, -0.05) is 0 Å². The molecule has 0 saturated heterocycles. The molecule has 1 heterocycles. The lowest BCUT2D eigenvalue weighted by Gasteiger charge is -2.23. The summed E-state index contributed by atoms with van der Waals surface area (Å²) >= 11 is 0. The third kappa shape index (κ3) is 2.18. The fourth-order valence-electron chi connectivity index (χ4n) is 1.80. The summed E-state index contributed by atoms with van der Waals surface area (Å²) in [5, 5.41) is 1.12. The van der Waals surface area contributed by atoms with E-state index in [4.69, 9.17) is 0 Å². The second kappa shape index (κ2) is 3.35. The highest BCUT2D eigenvalue weighted by molar-refractivity contribution is 5.83. The molecule has 0 fully saturated rings. The van der Waals surface area contributed by atoms with Gasteiger partial charge in [0.05, 0.1) is 21.1 Å². The van der Waals surface area contributed by atoms with Gasteiger partial charge in [0.2, 0.25) is 0 Å². The summed E-state index contributed by atoms with van der Waals surface area (Å²) in [6.45, 7) is 0.936. The van der Waals surface area contributed by atoms with Gasteiger partial charge in [-0.05, 0) is 18.2 Å². The molecule has 0 aliphatic carbocycles. The van der Waals surface area contributed by atoms with E-state index in [9.17, 15) is 4.39 Å². The van der Waals surface area contributed by atoms with Crippen LogP contribution in [0, 0.1) is 5.82 Å². The highest BCUT2D eigenvalue weighted by Crippen LogP contribution is 2.21. The van der Waals surface area contributed by atoms with Crippen molar-refractivity contribution in [2.24, 2.45) is 0 Å². The Bertz CT molecular complexity index is 480. The number of benzene rings is 1. The van der Waals surface area contributed by atoms with Crippen LogP contribution in [0.2, 0.25) is 0 Å². The van der Waals surface area contributed by atoms with Gasteiger partial charge in [0.25, 0.3) is 0 Å². The molecule has 0 unspecified atom stereocenters. The zero-order valence-corrected chi connectivity index (χ0v) is 9.34. The van der Waals surface area contributed by atoms with Gasteiger partial charge in [-0.3, -0.25) is 0 Å². The Morgan fingerprint density at radius 1 is 1.27 bits per heavy atom. The van der Waals surface area contributed by atoms with Crippen molar-refractivity contribution in [3.63, 3.8) is 0 Å². The summed E-state index contributed by atoms with van der Waals surface area (Å²) in [6, 6.07) is 4.88. The van der Waals surface area contributed by atoms with Crippen LogP contribution in [0.15, 0.2) is 24.4 Å². The summed E-state index contributed by atoms with van der Waals surface area (Å²) in [5.41, 5.74) is 2.11.